The Bertz CT molecular complexity index is 1140. The Morgan fingerprint density at radius 2 is 1.67 bits per heavy atom. The summed E-state index contributed by atoms with van der Waals surface area (Å²) in [6, 6.07) is 20.9. The third-order valence-corrected chi connectivity index (χ3v) is 7.28. The number of hydrogen-bond acceptors (Lipinski definition) is 5. The normalized spacial score (nSPS) is 17.6. The maximum atomic E-state index is 11.2. The molecule has 5 rings (SSSR count). The molecule has 2 aliphatic heterocycles. The van der Waals surface area contributed by atoms with Crippen LogP contribution in [0.15, 0.2) is 60.7 Å². The predicted molar refractivity (Wildman–Crippen MR) is 147 cm³/mol. The molecule has 2 saturated heterocycles. The van der Waals surface area contributed by atoms with Gasteiger partial charge < -0.3 is 25.0 Å². The van der Waals surface area contributed by atoms with Crippen LogP contribution in [0.2, 0.25) is 0 Å². The molecule has 3 aromatic rings. The number of nitrogens with zero attached hydrogens (tertiary/aromatic N) is 2. The van der Waals surface area contributed by atoms with Gasteiger partial charge in [0.1, 0.15) is 0 Å². The molecular formula is C30H39N3O3. The second-order valence-corrected chi connectivity index (χ2v) is 9.71. The van der Waals surface area contributed by atoms with Crippen molar-refractivity contribution in [2.45, 2.75) is 32.1 Å². The average Bonchev–Trinajstić information content (AvgIpc) is 3.62. The van der Waals surface area contributed by atoms with E-state index in [2.05, 4.69) is 52.3 Å². The van der Waals surface area contributed by atoms with E-state index in [0.717, 1.165) is 37.4 Å². The smallest absolute Gasteiger partial charge is 0.222 e. The highest BCUT2D eigenvalue weighted by atomic mass is 16.5. The number of anilines is 1. The minimum absolute atomic E-state index is 0.00327. The number of rotatable bonds is 8. The number of amides is 1. The van der Waals surface area contributed by atoms with Crippen LogP contribution >= 0.6 is 0 Å². The van der Waals surface area contributed by atoms with Crippen molar-refractivity contribution in [3.8, 4) is 11.5 Å². The summed E-state index contributed by atoms with van der Waals surface area (Å²) in [5.74, 6) is 1.45. The predicted octanol–water partition coefficient (Wildman–Crippen LogP) is 4.88. The second kappa shape index (κ2) is 12.6. The monoisotopic (exact) mass is 489 g/mol. The molecule has 1 unspecified atom stereocenters. The zero-order valence-corrected chi connectivity index (χ0v) is 21.6. The number of nitrogens with two attached hydrogens (primary N) is 1. The Morgan fingerprint density at radius 3 is 2.36 bits per heavy atom. The van der Waals surface area contributed by atoms with E-state index in [9.17, 15) is 4.79 Å². The minimum Gasteiger partial charge on any atom is -0.493 e. The van der Waals surface area contributed by atoms with Gasteiger partial charge in [-0.25, -0.2) is 0 Å². The van der Waals surface area contributed by atoms with E-state index in [-0.39, 0.29) is 11.8 Å². The molecule has 36 heavy (non-hydrogen) atoms. The summed E-state index contributed by atoms with van der Waals surface area (Å²) < 4.78 is 10.6. The van der Waals surface area contributed by atoms with Crippen molar-refractivity contribution in [1.82, 2.24) is 4.90 Å². The van der Waals surface area contributed by atoms with Crippen molar-refractivity contribution in [2.24, 2.45) is 11.7 Å². The van der Waals surface area contributed by atoms with Gasteiger partial charge in [-0.1, -0.05) is 36.4 Å². The minimum atomic E-state index is -0.182. The van der Waals surface area contributed by atoms with E-state index in [1.807, 2.05) is 18.2 Å². The molecular weight excluding hydrogens is 450 g/mol. The number of benzene rings is 3. The zero-order chi connectivity index (χ0) is 25.3. The molecule has 2 fully saturated rings. The molecule has 0 aliphatic carbocycles. The van der Waals surface area contributed by atoms with Crippen LogP contribution in [0.3, 0.4) is 0 Å². The van der Waals surface area contributed by atoms with Gasteiger partial charge in [0.2, 0.25) is 5.91 Å². The summed E-state index contributed by atoms with van der Waals surface area (Å²) in [5.41, 5.74) is 7.87. The third-order valence-electron chi connectivity index (χ3n) is 7.28. The fourth-order valence-corrected chi connectivity index (χ4v) is 5.15. The van der Waals surface area contributed by atoms with Crippen LogP contribution in [0.4, 0.5) is 5.69 Å². The maximum Gasteiger partial charge on any atom is 0.222 e. The lowest BCUT2D eigenvalue weighted by Gasteiger charge is -2.18. The van der Waals surface area contributed by atoms with E-state index in [4.69, 9.17) is 15.2 Å². The molecule has 0 radical (unpaired) electrons. The van der Waals surface area contributed by atoms with Gasteiger partial charge in [-0.2, -0.15) is 0 Å². The number of ether oxygens (including phenoxy) is 2. The molecule has 6 heteroatoms. The summed E-state index contributed by atoms with van der Waals surface area (Å²) in [6.07, 6.45) is 5.93. The molecule has 0 bridgehead atoms. The Morgan fingerprint density at radius 1 is 0.917 bits per heavy atom. The first-order chi connectivity index (χ1) is 17.6. The third kappa shape index (κ3) is 6.70. The van der Waals surface area contributed by atoms with Crippen LogP contribution in [0.1, 0.15) is 31.2 Å². The maximum absolute atomic E-state index is 11.2. The standard InChI is InChI=1S/C15H16N2O.C15H23NO2/c16-15(18)13-7-8-17(10-13)14-6-5-11-3-1-2-4-12(11)9-14;1-17-14-8-7-13(12-15(14)18-2)6-5-11-16-9-3-4-10-16/h1-6,9,13H,7-8,10H2,(H2,16,18);7-8,12H,3-6,9-11H2,1-2H3. The first-order valence-electron chi connectivity index (χ1n) is 13.0. The number of primary amides is 1. The molecule has 2 N–H and O–H groups in total. The topological polar surface area (TPSA) is 68.0 Å². The van der Waals surface area contributed by atoms with Gasteiger partial charge in [-0.15, -0.1) is 0 Å². The van der Waals surface area contributed by atoms with E-state index in [0.29, 0.717) is 0 Å². The van der Waals surface area contributed by atoms with Crippen molar-refractivity contribution < 1.29 is 14.3 Å². The zero-order valence-electron chi connectivity index (χ0n) is 21.6. The largest absolute Gasteiger partial charge is 0.493 e. The summed E-state index contributed by atoms with van der Waals surface area (Å²) in [6.45, 7) is 5.44. The van der Waals surface area contributed by atoms with Crippen molar-refractivity contribution in [3.63, 3.8) is 0 Å². The Kier molecular flexibility index (Phi) is 9.06. The van der Waals surface area contributed by atoms with Crippen LogP contribution in [0.25, 0.3) is 10.8 Å². The number of fused-ring (bicyclic) bond motifs is 1. The molecule has 1 amide bonds. The summed E-state index contributed by atoms with van der Waals surface area (Å²) in [4.78, 5) is 16.0. The Hall–Kier alpha value is -3.25. The van der Waals surface area contributed by atoms with Gasteiger partial charge in [0.25, 0.3) is 0 Å². The number of aryl methyl sites for hydroxylation is 1. The fraction of sp³-hybridized carbons (Fsp3) is 0.433. The Balaban J connectivity index is 0.000000169. The van der Waals surface area contributed by atoms with Crippen molar-refractivity contribution >= 4 is 22.4 Å². The number of likely N-dealkylation sites (tertiary alicyclic amines) is 1. The van der Waals surface area contributed by atoms with Gasteiger partial charge in [0, 0.05) is 18.8 Å². The van der Waals surface area contributed by atoms with E-state index in [1.54, 1.807) is 14.2 Å². The lowest BCUT2D eigenvalue weighted by Crippen LogP contribution is -2.27. The summed E-state index contributed by atoms with van der Waals surface area (Å²) >= 11 is 0. The molecule has 3 aromatic carbocycles. The lowest BCUT2D eigenvalue weighted by atomic mass is 10.1. The molecule has 0 aromatic heterocycles. The van der Waals surface area contributed by atoms with Gasteiger partial charge in [0.15, 0.2) is 11.5 Å². The molecule has 0 saturated carbocycles. The van der Waals surface area contributed by atoms with Gasteiger partial charge >= 0.3 is 0 Å². The SMILES string of the molecule is COc1ccc(CCCN2CCCC2)cc1OC.NC(=O)C1CCN(c2ccc3ccccc3c2)C1. The van der Waals surface area contributed by atoms with Gasteiger partial charge in [0.05, 0.1) is 20.1 Å². The van der Waals surface area contributed by atoms with E-state index < -0.39 is 0 Å². The second-order valence-electron chi connectivity index (χ2n) is 9.71. The van der Waals surface area contributed by atoms with Crippen LogP contribution in [0, 0.1) is 5.92 Å². The number of methoxy groups -OCH3 is 2. The first kappa shape index (κ1) is 25.8. The van der Waals surface area contributed by atoms with Crippen LogP contribution in [-0.2, 0) is 11.2 Å². The summed E-state index contributed by atoms with van der Waals surface area (Å²) in [5, 5.41) is 2.48. The lowest BCUT2D eigenvalue weighted by molar-refractivity contribution is -0.121. The number of hydrogen-bond donors (Lipinski definition) is 1. The molecule has 0 spiro atoms. The summed E-state index contributed by atoms with van der Waals surface area (Å²) in [7, 11) is 3.36. The van der Waals surface area contributed by atoms with Gasteiger partial charge in [-0.3, -0.25) is 4.79 Å². The molecule has 1 atom stereocenters. The van der Waals surface area contributed by atoms with Crippen LogP contribution in [0.5, 0.6) is 11.5 Å². The molecule has 2 aliphatic rings. The molecule has 6 nitrogen and oxygen atoms in total. The fourth-order valence-electron chi connectivity index (χ4n) is 5.15. The van der Waals surface area contributed by atoms with E-state index >= 15 is 0 Å². The van der Waals surface area contributed by atoms with E-state index in [1.165, 1.54) is 60.9 Å². The van der Waals surface area contributed by atoms with Gasteiger partial charge in [-0.05, 0) is 92.3 Å². The highest BCUT2D eigenvalue weighted by Gasteiger charge is 2.26. The quantitative estimate of drug-likeness (QED) is 0.488. The average molecular weight is 490 g/mol. The first-order valence-corrected chi connectivity index (χ1v) is 13.0. The number of carbonyl (C=O) groups is 1. The van der Waals surface area contributed by atoms with Crippen molar-refractivity contribution in [3.05, 3.63) is 66.2 Å². The highest BCUT2D eigenvalue weighted by molar-refractivity contribution is 5.86. The molecule has 192 valence electrons. The van der Waals surface area contributed by atoms with Crippen molar-refractivity contribution in [2.75, 3.05) is 51.8 Å². The number of carbonyl (C=O) groups excluding carboxylic acids is 1. The Labute approximate surface area is 215 Å². The van der Waals surface area contributed by atoms with Crippen LogP contribution in [-0.4, -0.2) is 57.8 Å². The van der Waals surface area contributed by atoms with Crippen LogP contribution < -0.4 is 20.1 Å². The highest BCUT2D eigenvalue weighted by Crippen LogP contribution is 2.28. The van der Waals surface area contributed by atoms with Crippen molar-refractivity contribution in [1.29, 1.82) is 0 Å². The molecule has 2 heterocycles.